The number of aromatic amines is 2. The Bertz CT molecular complexity index is 535. The minimum atomic E-state index is -0.405. The average molecular weight is 222 g/mol. The first-order chi connectivity index (χ1) is 7.21. The molecule has 88 valence electrons. The van der Waals surface area contributed by atoms with Gasteiger partial charge in [0.15, 0.2) is 0 Å². The fourth-order valence-corrected chi connectivity index (χ4v) is 3.21. The van der Waals surface area contributed by atoms with Gasteiger partial charge in [-0.15, -0.1) is 0 Å². The van der Waals surface area contributed by atoms with E-state index in [-0.39, 0.29) is 16.4 Å². The summed E-state index contributed by atoms with van der Waals surface area (Å²) >= 11 is 0. The summed E-state index contributed by atoms with van der Waals surface area (Å²) in [6.45, 7) is 8.44. The Labute approximate surface area is 94.1 Å². The smallest absolute Gasteiger partial charge is 0.311 e. The number of fused-ring (bicyclic) bond motifs is 1. The lowest BCUT2D eigenvalue weighted by Crippen LogP contribution is -2.43. The maximum atomic E-state index is 11.8. The first-order valence-corrected chi connectivity index (χ1v) is 5.57. The summed E-state index contributed by atoms with van der Waals surface area (Å²) < 4.78 is 0. The molecule has 4 nitrogen and oxygen atoms in total. The van der Waals surface area contributed by atoms with Crippen LogP contribution in [0.25, 0.3) is 0 Å². The Kier molecular flexibility index (Phi) is 2.16. The Morgan fingerprint density at radius 2 is 1.69 bits per heavy atom. The number of aromatic nitrogens is 2. The molecule has 1 aliphatic carbocycles. The maximum Gasteiger partial charge on any atom is 0.325 e. The van der Waals surface area contributed by atoms with Crippen LogP contribution in [0, 0.1) is 5.41 Å². The van der Waals surface area contributed by atoms with Crippen molar-refractivity contribution >= 4 is 0 Å². The van der Waals surface area contributed by atoms with E-state index in [9.17, 15) is 9.59 Å². The molecular weight excluding hydrogens is 204 g/mol. The first-order valence-electron chi connectivity index (χ1n) is 5.57. The van der Waals surface area contributed by atoms with Crippen LogP contribution in [0.2, 0.25) is 0 Å². The van der Waals surface area contributed by atoms with Gasteiger partial charge in [0.2, 0.25) is 0 Å². The molecule has 1 aliphatic rings. The zero-order chi connectivity index (χ0) is 12.1. The van der Waals surface area contributed by atoms with Gasteiger partial charge < -0.3 is 4.98 Å². The monoisotopic (exact) mass is 222 g/mol. The molecule has 0 amide bonds. The maximum absolute atomic E-state index is 11.8. The number of H-pyrrole nitrogens is 2. The summed E-state index contributed by atoms with van der Waals surface area (Å²) in [7, 11) is 0. The largest absolute Gasteiger partial charge is 0.325 e. The van der Waals surface area contributed by atoms with E-state index in [1.807, 2.05) is 0 Å². The molecule has 16 heavy (non-hydrogen) atoms. The SMILES string of the molecule is CC1(C)Cc2[nH]c(=O)[nH]c(=O)c2C(C)(C)C1. The van der Waals surface area contributed by atoms with Crippen LogP contribution in [0.4, 0.5) is 0 Å². The highest BCUT2D eigenvalue weighted by atomic mass is 16.2. The van der Waals surface area contributed by atoms with E-state index in [2.05, 4.69) is 37.7 Å². The molecule has 1 heterocycles. The first kappa shape index (κ1) is 11.2. The lowest BCUT2D eigenvalue weighted by Gasteiger charge is -2.40. The summed E-state index contributed by atoms with van der Waals surface area (Å²) in [5.74, 6) is 0. The summed E-state index contributed by atoms with van der Waals surface area (Å²) in [5, 5.41) is 0. The quantitative estimate of drug-likeness (QED) is 0.695. The summed E-state index contributed by atoms with van der Waals surface area (Å²) in [6, 6.07) is 0. The highest BCUT2D eigenvalue weighted by Gasteiger charge is 2.39. The van der Waals surface area contributed by atoms with Crippen molar-refractivity contribution in [1.29, 1.82) is 0 Å². The van der Waals surface area contributed by atoms with E-state index in [1.165, 1.54) is 0 Å². The van der Waals surface area contributed by atoms with Gasteiger partial charge in [-0.05, 0) is 23.7 Å². The number of rotatable bonds is 0. The van der Waals surface area contributed by atoms with E-state index in [4.69, 9.17) is 0 Å². The molecule has 0 unspecified atom stereocenters. The molecule has 2 N–H and O–H groups in total. The molecule has 0 fully saturated rings. The van der Waals surface area contributed by atoms with E-state index >= 15 is 0 Å². The molecule has 1 aromatic heterocycles. The minimum absolute atomic E-state index is 0.118. The molecule has 0 radical (unpaired) electrons. The highest BCUT2D eigenvalue weighted by molar-refractivity contribution is 5.30. The van der Waals surface area contributed by atoms with Crippen LogP contribution in [0.5, 0.6) is 0 Å². The predicted octanol–water partition coefficient (Wildman–Crippen LogP) is 1.31. The Balaban J connectivity index is 2.74. The summed E-state index contributed by atoms with van der Waals surface area (Å²) in [4.78, 5) is 28.2. The number of hydrogen-bond donors (Lipinski definition) is 2. The van der Waals surface area contributed by atoms with Crippen molar-refractivity contribution in [3.8, 4) is 0 Å². The van der Waals surface area contributed by atoms with Crippen molar-refractivity contribution in [3.63, 3.8) is 0 Å². The van der Waals surface area contributed by atoms with Gasteiger partial charge in [-0.25, -0.2) is 4.79 Å². The zero-order valence-corrected chi connectivity index (χ0v) is 10.2. The molecule has 0 aliphatic heterocycles. The van der Waals surface area contributed by atoms with Gasteiger partial charge in [0.05, 0.1) is 0 Å². The summed E-state index contributed by atoms with van der Waals surface area (Å²) in [5.41, 5.74) is 0.833. The van der Waals surface area contributed by atoms with Crippen LogP contribution < -0.4 is 11.2 Å². The van der Waals surface area contributed by atoms with Crippen LogP contribution in [0.3, 0.4) is 0 Å². The number of nitrogens with one attached hydrogen (secondary N) is 2. The van der Waals surface area contributed by atoms with Crippen molar-refractivity contribution in [1.82, 2.24) is 9.97 Å². The van der Waals surface area contributed by atoms with Crippen molar-refractivity contribution in [2.75, 3.05) is 0 Å². The third kappa shape index (κ3) is 1.72. The number of hydrogen-bond acceptors (Lipinski definition) is 2. The van der Waals surface area contributed by atoms with E-state index in [1.54, 1.807) is 0 Å². The van der Waals surface area contributed by atoms with E-state index < -0.39 is 5.69 Å². The predicted molar refractivity (Wildman–Crippen MR) is 62.8 cm³/mol. The molecule has 0 atom stereocenters. The Hall–Kier alpha value is -1.32. The van der Waals surface area contributed by atoms with Gasteiger partial charge in [0, 0.05) is 11.3 Å². The van der Waals surface area contributed by atoms with Gasteiger partial charge >= 0.3 is 5.69 Å². The third-order valence-electron chi connectivity index (χ3n) is 3.27. The van der Waals surface area contributed by atoms with Crippen LogP contribution in [0.15, 0.2) is 9.59 Å². The topological polar surface area (TPSA) is 65.7 Å². The molecule has 0 aromatic carbocycles. The molecule has 2 rings (SSSR count). The highest BCUT2D eigenvalue weighted by Crippen LogP contribution is 2.42. The molecule has 4 heteroatoms. The second-order valence-electron chi connectivity index (χ2n) is 6.16. The van der Waals surface area contributed by atoms with Crippen molar-refractivity contribution in [3.05, 3.63) is 32.1 Å². The second kappa shape index (κ2) is 3.09. The van der Waals surface area contributed by atoms with Crippen molar-refractivity contribution in [2.24, 2.45) is 5.41 Å². The molecule has 0 bridgehead atoms. The van der Waals surface area contributed by atoms with Crippen molar-refractivity contribution < 1.29 is 0 Å². The lowest BCUT2D eigenvalue weighted by molar-refractivity contribution is 0.225. The van der Waals surface area contributed by atoms with E-state index in [0.29, 0.717) is 0 Å². The third-order valence-corrected chi connectivity index (χ3v) is 3.27. The summed E-state index contributed by atoms with van der Waals surface area (Å²) in [6.07, 6.45) is 1.70. The van der Waals surface area contributed by atoms with E-state index in [0.717, 1.165) is 24.1 Å². The normalized spacial score (nSPS) is 21.5. The van der Waals surface area contributed by atoms with Gasteiger partial charge in [0.1, 0.15) is 0 Å². The van der Waals surface area contributed by atoms with Crippen LogP contribution in [0.1, 0.15) is 45.4 Å². The van der Waals surface area contributed by atoms with Crippen LogP contribution in [-0.2, 0) is 11.8 Å². The Morgan fingerprint density at radius 1 is 1.06 bits per heavy atom. The molecule has 1 aromatic rings. The van der Waals surface area contributed by atoms with Gasteiger partial charge in [0.25, 0.3) is 5.56 Å². The average Bonchev–Trinajstić information content (AvgIpc) is 1.94. The molecule has 0 saturated heterocycles. The molecular formula is C12H18N2O2. The van der Waals surface area contributed by atoms with Gasteiger partial charge in [-0.2, -0.15) is 0 Å². The van der Waals surface area contributed by atoms with Gasteiger partial charge in [-0.1, -0.05) is 27.7 Å². The van der Waals surface area contributed by atoms with Gasteiger partial charge in [-0.3, -0.25) is 9.78 Å². The Morgan fingerprint density at radius 3 is 2.31 bits per heavy atom. The molecule has 0 saturated carbocycles. The van der Waals surface area contributed by atoms with Crippen LogP contribution in [-0.4, -0.2) is 9.97 Å². The van der Waals surface area contributed by atoms with Crippen LogP contribution >= 0.6 is 0 Å². The van der Waals surface area contributed by atoms with Crippen molar-refractivity contribution in [2.45, 2.75) is 46.0 Å². The minimum Gasteiger partial charge on any atom is -0.311 e. The fraction of sp³-hybridized carbons (Fsp3) is 0.667. The fourth-order valence-electron chi connectivity index (χ4n) is 3.21. The standard InChI is InChI=1S/C12H18N2O2/c1-11(2)5-7-8(12(3,4)6-11)9(15)14-10(16)13-7/h5-6H2,1-4H3,(H2,13,14,15,16). The lowest BCUT2D eigenvalue weighted by atomic mass is 9.64. The molecule has 0 spiro atoms. The second-order valence-corrected chi connectivity index (χ2v) is 6.16. The zero-order valence-electron chi connectivity index (χ0n) is 10.2.